The number of ether oxygens (including phenoxy) is 1. The van der Waals surface area contributed by atoms with Crippen molar-refractivity contribution in [2.45, 2.75) is 44.1 Å². The highest BCUT2D eigenvalue weighted by Gasteiger charge is 2.41. The molecule has 2 N–H and O–H groups in total. The van der Waals surface area contributed by atoms with Gasteiger partial charge in [-0.2, -0.15) is 8.78 Å². The number of rotatable bonds is 4. The predicted octanol–water partition coefficient (Wildman–Crippen LogP) is 3.39. The third-order valence-corrected chi connectivity index (χ3v) is 4.70. The number of carbonyl (C=O) groups excluding carboxylic acids is 1. The fourth-order valence-corrected chi connectivity index (χ4v) is 3.52. The van der Waals surface area contributed by atoms with Crippen molar-refractivity contribution in [3.8, 4) is 11.4 Å². The first kappa shape index (κ1) is 16.0. The van der Waals surface area contributed by atoms with E-state index in [1.807, 2.05) is 0 Å². The molecule has 2 aliphatic rings. The molecule has 6 nitrogen and oxygen atoms in total. The van der Waals surface area contributed by atoms with Crippen LogP contribution in [0, 0.1) is 0 Å². The molecule has 8 heteroatoms. The van der Waals surface area contributed by atoms with Crippen molar-refractivity contribution in [3.05, 3.63) is 36.7 Å². The molecule has 3 unspecified atom stereocenters. The summed E-state index contributed by atoms with van der Waals surface area (Å²) < 4.78 is 32.3. The Hall–Kier alpha value is -2.48. The summed E-state index contributed by atoms with van der Waals surface area (Å²) in [6.45, 7) is -2.65. The first-order valence-corrected chi connectivity index (χ1v) is 8.24. The Labute approximate surface area is 143 Å². The van der Waals surface area contributed by atoms with Crippen molar-refractivity contribution in [2.75, 3.05) is 5.32 Å². The van der Waals surface area contributed by atoms with Crippen molar-refractivity contribution >= 4 is 11.7 Å². The lowest BCUT2D eigenvalue weighted by Gasteiger charge is -2.20. The first-order valence-electron chi connectivity index (χ1n) is 8.24. The average molecular weight is 348 g/mol. The van der Waals surface area contributed by atoms with Crippen LogP contribution in [0.15, 0.2) is 36.7 Å². The number of anilines is 1. The highest BCUT2D eigenvalue weighted by Crippen LogP contribution is 2.34. The number of benzene rings is 1. The Bertz CT molecular complexity index is 762. The number of imidazole rings is 1. The highest BCUT2D eigenvalue weighted by molar-refractivity contribution is 5.89. The molecule has 4 rings (SSSR count). The normalized spacial score (nSPS) is 24.7. The van der Waals surface area contributed by atoms with E-state index < -0.39 is 6.55 Å². The standard InChI is InChI=1S/C17H18F2N4O2/c18-16(19)23-8-7-20-15(23)10-1-3-11(4-2-10)21-17(24)22-13-9-12-5-6-14(13)25-12/h1-4,7-8,12-14,16H,5-6,9H2,(H2,21,22,24). The van der Waals surface area contributed by atoms with Gasteiger partial charge in [0.05, 0.1) is 18.2 Å². The lowest BCUT2D eigenvalue weighted by molar-refractivity contribution is 0.0720. The van der Waals surface area contributed by atoms with E-state index in [4.69, 9.17) is 4.74 Å². The largest absolute Gasteiger partial charge is 0.373 e. The van der Waals surface area contributed by atoms with Crippen LogP contribution in [0.1, 0.15) is 25.8 Å². The van der Waals surface area contributed by atoms with Crippen LogP contribution in [0.4, 0.5) is 19.3 Å². The summed E-state index contributed by atoms with van der Waals surface area (Å²) in [4.78, 5) is 16.1. The Morgan fingerprint density at radius 2 is 2.08 bits per heavy atom. The number of alkyl halides is 2. The van der Waals surface area contributed by atoms with E-state index in [0.717, 1.165) is 23.8 Å². The molecule has 0 radical (unpaired) electrons. The molecule has 0 aliphatic carbocycles. The summed E-state index contributed by atoms with van der Waals surface area (Å²) in [5.74, 6) is 0.185. The van der Waals surface area contributed by atoms with Gasteiger partial charge in [0.25, 0.3) is 0 Å². The van der Waals surface area contributed by atoms with E-state index in [1.165, 1.54) is 12.4 Å². The molecular formula is C17H18F2N4O2. The number of aromatic nitrogens is 2. The fourth-order valence-electron chi connectivity index (χ4n) is 3.52. The molecule has 0 saturated carbocycles. The number of halogens is 2. The number of amides is 2. The lowest BCUT2D eigenvalue weighted by Crippen LogP contribution is -2.43. The number of nitrogens with one attached hydrogen (secondary N) is 2. The fraction of sp³-hybridized carbons (Fsp3) is 0.412. The Balaban J connectivity index is 1.39. The smallest absolute Gasteiger partial charge is 0.320 e. The van der Waals surface area contributed by atoms with Crippen LogP contribution in [0.2, 0.25) is 0 Å². The van der Waals surface area contributed by atoms with Crippen molar-refractivity contribution < 1.29 is 18.3 Å². The van der Waals surface area contributed by atoms with E-state index in [0.29, 0.717) is 11.3 Å². The maximum atomic E-state index is 12.9. The molecule has 3 atom stereocenters. The topological polar surface area (TPSA) is 68.2 Å². The van der Waals surface area contributed by atoms with E-state index in [-0.39, 0.29) is 30.1 Å². The van der Waals surface area contributed by atoms with Crippen LogP contribution < -0.4 is 10.6 Å². The maximum absolute atomic E-state index is 12.9. The van der Waals surface area contributed by atoms with Gasteiger partial charge in [-0.25, -0.2) is 9.78 Å². The molecule has 132 valence electrons. The second-order valence-corrected chi connectivity index (χ2v) is 6.33. The minimum absolute atomic E-state index is 0.0524. The first-order chi connectivity index (χ1) is 12.1. The van der Waals surface area contributed by atoms with Crippen LogP contribution in [0.25, 0.3) is 11.4 Å². The predicted molar refractivity (Wildman–Crippen MR) is 87.4 cm³/mol. The Kier molecular flexibility index (Phi) is 4.12. The number of nitrogens with zero attached hydrogens (tertiary/aromatic N) is 2. The lowest BCUT2D eigenvalue weighted by atomic mass is 9.96. The molecule has 2 bridgehead atoms. The third kappa shape index (κ3) is 3.21. The van der Waals surface area contributed by atoms with Crippen molar-refractivity contribution in [2.24, 2.45) is 0 Å². The van der Waals surface area contributed by atoms with E-state index in [1.54, 1.807) is 24.3 Å². The van der Waals surface area contributed by atoms with Crippen LogP contribution in [-0.4, -0.2) is 33.8 Å². The summed E-state index contributed by atoms with van der Waals surface area (Å²) in [6, 6.07) is 6.39. The molecular weight excluding hydrogens is 330 g/mol. The van der Waals surface area contributed by atoms with Gasteiger partial charge in [-0.05, 0) is 43.5 Å². The molecule has 2 aromatic rings. The molecule has 25 heavy (non-hydrogen) atoms. The van der Waals surface area contributed by atoms with Gasteiger partial charge in [0.2, 0.25) is 0 Å². The van der Waals surface area contributed by atoms with Gasteiger partial charge >= 0.3 is 12.6 Å². The van der Waals surface area contributed by atoms with Gasteiger partial charge in [-0.15, -0.1) is 0 Å². The van der Waals surface area contributed by atoms with E-state index in [2.05, 4.69) is 15.6 Å². The maximum Gasteiger partial charge on any atom is 0.320 e. The molecule has 1 aromatic heterocycles. The molecule has 1 aromatic carbocycles. The van der Waals surface area contributed by atoms with Gasteiger partial charge in [-0.3, -0.25) is 4.57 Å². The number of fused-ring (bicyclic) bond motifs is 2. The van der Waals surface area contributed by atoms with Gasteiger partial charge in [0.1, 0.15) is 5.82 Å². The highest BCUT2D eigenvalue weighted by atomic mass is 19.3. The second-order valence-electron chi connectivity index (χ2n) is 6.33. The van der Waals surface area contributed by atoms with Crippen LogP contribution in [0.3, 0.4) is 0 Å². The van der Waals surface area contributed by atoms with Crippen molar-refractivity contribution in [1.82, 2.24) is 14.9 Å². The zero-order valence-electron chi connectivity index (χ0n) is 13.4. The third-order valence-electron chi connectivity index (χ3n) is 4.70. The van der Waals surface area contributed by atoms with Gasteiger partial charge < -0.3 is 15.4 Å². The SMILES string of the molecule is O=C(Nc1ccc(-c2nccn2C(F)F)cc1)NC1CC2CCC1O2. The summed E-state index contributed by atoms with van der Waals surface area (Å²) in [5.41, 5.74) is 1.14. The number of hydrogen-bond acceptors (Lipinski definition) is 3. The summed E-state index contributed by atoms with van der Waals surface area (Å²) >= 11 is 0. The Morgan fingerprint density at radius 1 is 1.28 bits per heavy atom. The molecule has 2 saturated heterocycles. The van der Waals surface area contributed by atoms with Crippen LogP contribution >= 0.6 is 0 Å². The van der Waals surface area contributed by atoms with Crippen LogP contribution in [0.5, 0.6) is 0 Å². The van der Waals surface area contributed by atoms with Gasteiger partial charge in [-0.1, -0.05) is 0 Å². The summed E-state index contributed by atoms with van der Waals surface area (Å²) in [6.07, 6.45) is 5.86. The Morgan fingerprint density at radius 3 is 2.72 bits per heavy atom. The van der Waals surface area contributed by atoms with E-state index >= 15 is 0 Å². The summed E-state index contributed by atoms with van der Waals surface area (Å²) in [5, 5.41) is 5.69. The molecule has 2 aliphatic heterocycles. The number of carbonyl (C=O) groups is 1. The molecule has 3 heterocycles. The van der Waals surface area contributed by atoms with Crippen LogP contribution in [-0.2, 0) is 4.74 Å². The zero-order valence-corrected chi connectivity index (χ0v) is 13.4. The summed E-state index contributed by atoms with van der Waals surface area (Å²) in [7, 11) is 0. The molecule has 0 spiro atoms. The minimum Gasteiger partial charge on any atom is -0.373 e. The average Bonchev–Trinajstić information content (AvgIpc) is 3.31. The van der Waals surface area contributed by atoms with Crippen molar-refractivity contribution in [3.63, 3.8) is 0 Å². The molecule has 2 amide bonds. The van der Waals surface area contributed by atoms with E-state index in [9.17, 15) is 13.6 Å². The second kappa shape index (κ2) is 6.44. The number of urea groups is 1. The van der Waals surface area contributed by atoms with Crippen molar-refractivity contribution in [1.29, 1.82) is 0 Å². The van der Waals surface area contributed by atoms with Gasteiger partial charge in [0.15, 0.2) is 0 Å². The quantitative estimate of drug-likeness (QED) is 0.890. The minimum atomic E-state index is -2.65. The number of hydrogen-bond donors (Lipinski definition) is 2. The van der Waals surface area contributed by atoms with Gasteiger partial charge in [0, 0.05) is 23.6 Å². The molecule has 2 fully saturated rings. The zero-order chi connectivity index (χ0) is 17.4. The monoisotopic (exact) mass is 348 g/mol.